The molecular formula is C18H24N2O2. The average Bonchev–Trinajstić information content (AvgIpc) is 2.98. The molecule has 0 unspecified atom stereocenters. The van der Waals surface area contributed by atoms with Gasteiger partial charge in [0, 0.05) is 24.4 Å². The lowest BCUT2D eigenvalue weighted by Gasteiger charge is -2.11. The van der Waals surface area contributed by atoms with Gasteiger partial charge in [0.15, 0.2) is 0 Å². The molecule has 0 atom stereocenters. The van der Waals surface area contributed by atoms with Crippen molar-refractivity contribution in [3.8, 4) is 11.5 Å². The molecule has 0 aliphatic heterocycles. The minimum absolute atomic E-state index is 0.112. The Morgan fingerprint density at radius 3 is 2.55 bits per heavy atom. The molecule has 0 aliphatic rings. The van der Waals surface area contributed by atoms with E-state index in [2.05, 4.69) is 10.3 Å². The molecular weight excluding hydrogens is 276 g/mol. The zero-order valence-corrected chi connectivity index (χ0v) is 13.6. The maximum absolute atomic E-state index is 11.9. The van der Waals surface area contributed by atoms with Crippen LogP contribution in [0.4, 0.5) is 0 Å². The van der Waals surface area contributed by atoms with Gasteiger partial charge in [-0.2, -0.15) is 0 Å². The Morgan fingerprint density at radius 1 is 1.23 bits per heavy atom. The number of benzene rings is 1. The molecule has 2 rings (SSSR count). The van der Waals surface area contributed by atoms with Crippen molar-refractivity contribution < 1.29 is 9.21 Å². The molecule has 1 amide bonds. The van der Waals surface area contributed by atoms with Crippen LogP contribution in [-0.2, 0) is 11.2 Å². The van der Waals surface area contributed by atoms with Crippen molar-refractivity contribution in [3.63, 3.8) is 0 Å². The highest BCUT2D eigenvalue weighted by atomic mass is 16.3. The Morgan fingerprint density at radius 2 is 1.91 bits per heavy atom. The number of amides is 1. The first-order valence-corrected chi connectivity index (χ1v) is 7.93. The summed E-state index contributed by atoms with van der Waals surface area (Å²) >= 11 is 0. The van der Waals surface area contributed by atoms with Gasteiger partial charge in [-0.25, -0.2) is 4.98 Å². The zero-order valence-electron chi connectivity index (χ0n) is 13.6. The van der Waals surface area contributed by atoms with Crippen LogP contribution in [-0.4, -0.2) is 17.4 Å². The maximum atomic E-state index is 11.9. The fourth-order valence-electron chi connectivity index (χ4n) is 2.37. The van der Waals surface area contributed by atoms with E-state index in [9.17, 15) is 4.79 Å². The Hall–Kier alpha value is -2.10. The molecule has 0 saturated carbocycles. The van der Waals surface area contributed by atoms with Crippen LogP contribution in [0.1, 0.15) is 37.9 Å². The highest BCUT2D eigenvalue weighted by Crippen LogP contribution is 2.19. The number of carbonyl (C=O) groups is 1. The van der Waals surface area contributed by atoms with Crippen molar-refractivity contribution in [3.05, 3.63) is 41.8 Å². The summed E-state index contributed by atoms with van der Waals surface area (Å²) in [5, 5.41) is 2.97. The number of carbonyl (C=O) groups excluding carboxylic acids is 1. The molecule has 2 aromatic rings. The summed E-state index contributed by atoms with van der Waals surface area (Å²) in [5.41, 5.74) is 3.04. The molecule has 0 aliphatic carbocycles. The van der Waals surface area contributed by atoms with Gasteiger partial charge in [-0.15, -0.1) is 0 Å². The second-order valence-corrected chi connectivity index (χ2v) is 5.56. The molecule has 0 fully saturated rings. The SMILES string of the molecule is CCC(CC)C(=O)NCCc1coc(-c2ccc(C)cc2)n1. The van der Waals surface area contributed by atoms with Crippen LogP contribution in [0, 0.1) is 12.8 Å². The number of hydrogen-bond acceptors (Lipinski definition) is 3. The standard InChI is InChI=1S/C18H24N2O2/c1-4-14(5-2)17(21)19-11-10-16-12-22-18(20-16)15-8-6-13(3)7-9-15/h6-9,12,14H,4-5,10-11H2,1-3H3,(H,19,21). The fourth-order valence-corrected chi connectivity index (χ4v) is 2.37. The molecule has 0 spiro atoms. The van der Waals surface area contributed by atoms with Gasteiger partial charge in [0.1, 0.15) is 6.26 Å². The molecule has 0 radical (unpaired) electrons. The van der Waals surface area contributed by atoms with E-state index >= 15 is 0 Å². The second-order valence-electron chi connectivity index (χ2n) is 5.56. The predicted molar refractivity (Wildman–Crippen MR) is 87.5 cm³/mol. The number of hydrogen-bond donors (Lipinski definition) is 1. The predicted octanol–water partition coefficient (Wildman–Crippen LogP) is 3.74. The first kappa shape index (κ1) is 16.3. The molecule has 22 heavy (non-hydrogen) atoms. The van der Waals surface area contributed by atoms with E-state index in [1.807, 2.05) is 45.0 Å². The molecule has 0 bridgehead atoms. The number of nitrogens with one attached hydrogen (secondary N) is 1. The summed E-state index contributed by atoms with van der Waals surface area (Å²) in [5.74, 6) is 0.869. The van der Waals surface area contributed by atoms with Crippen LogP contribution in [0.3, 0.4) is 0 Å². The lowest BCUT2D eigenvalue weighted by Crippen LogP contribution is -2.31. The molecule has 4 nitrogen and oxygen atoms in total. The van der Waals surface area contributed by atoms with Crippen LogP contribution in [0.5, 0.6) is 0 Å². The van der Waals surface area contributed by atoms with Crippen LogP contribution in [0.25, 0.3) is 11.5 Å². The van der Waals surface area contributed by atoms with Gasteiger partial charge < -0.3 is 9.73 Å². The van der Waals surface area contributed by atoms with Gasteiger partial charge in [0.2, 0.25) is 11.8 Å². The Bertz CT molecular complexity index is 598. The molecule has 1 aromatic carbocycles. The summed E-state index contributed by atoms with van der Waals surface area (Å²) in [6.07, 6.45) is 4.10. The molecule has 1 aromatic heterocycles. The minimum Gasteiger partial charge on any atom is -0.444 e. The van der Waals surface area contributed by atoms with Crippen molar-refractivity contribution >= 4 is 5.91 Å². The van der Waals surface area contributed by atoms with E-state index in [-0.39, 0.29) is 11.8 Å². The number of nitrogens with zero attached hydrogens (tertiary/aromatic N) is 1. The smallest absolute Gasteiger partial charge is 0.226 e. The van der Waals surface area contributed by atoms with Crippen molar-refractivity contribution in [2.75, 3.05) is 6.54 Å². The van der Waals surface area contributed by atoms with Gasteiger partial charge in [0.25, 0.3) is 0 Å². The quantitative estimate of drug-likeness (QED) is 0.847. The van der Waals surface area contributed by atoms with Crippen LogP contribution in [0.15, 0.2) is 34.9 Å². The fraction of sp³-hybridized carbons (Fsp3) is 0.444. The van der Waals surface area contributed by atoms with Gasteiger partial charge in [0.05, 0.1) is 5.69 Å². The van der Waals surface area contributed by atoms with Crippen molar-refractivity contribution in [1.29, 1.82) is 0 Å². The first-order chi connectivity index (χ1) is 10.6. The summed E-state index contributed by atoms with van der Waals surface area (Å²) in [7, 11) is 0. The van der Waals surface area contributed by atoms with Gasteiger partial charge in [-0.1, -0.05) is 31.5 Å². The van der Waals surface area contributed by atoms with E-state index in [0.717, 1.165) is 24.1 Å². The first-order valence-electron chi connectivity index (χ1n) is 7.93. The average molecular weight is 300 g/mol. The normalized spacial score (nSPS) is 10.9. The molecule has 0 saturated heterocycles. The van der Waals surface area contributed by atoms with E-state index < -0.39 is 0 Å². The number of aryl methyl sites for hydroxylation is 1. The lowest BCUT2D eigenvalue weighted by atomic mass is 10.0. The maximum Gasteiger partial charge on any atom is 0.226 e. The Kier molecular flexibility index (Phi) is 5.75. The van der Waals surface area contributed by atoms with Crippen molar-refractivity contribution in [1.82, 2.24) is 10.3 Å². The summed E-state index contributed by atoms with van der Waals surface area (Å²) in [6, 6.07) is 8.07. The van der Waals surface area contributed by atoms with Crippen LogP contribution in [0.2, 0.25) is 0 Å². The lowest BCUT2D eigenvalue weighted by molar-refractivity contribution is -0.125. The summed E-state index contributed by atoms with van der Waals surface area (Å²) in [6.45, 7) is 6.72. The van der Waals surface area contributed by atoms with Crippen LogP contribution < -0.4 is 5.32 Å². The van der Waals surface area contributed by atoms with E-state index in [1.165, 1.54) is 5.56 Å². The third kappa shape index (κ3) is 4.20. The van der Waals surface area contributed by atoms with Gasteiger partial charge in [-0.3, -0.25) is 4.79 Å². The van der Waals surface area contributed by atoms with E-state index in [0.29, 0.717) is 18.9 Å². The van der Waals surface area contributed by atoms with E-state index in [4.69, 9.17) is 4.42 Å². The van der Waals surface area contributed by atoms with Crippen molar-refractivity contribution in [2.45, 2.75) is 40.0 Å². The van der Waals surface area contributed by atoms with E-state index in [1.54, 1.807) is 6.26 Å². The molecule has 4 heteroatoms. The number of aromatic nitrogens is 1. The third-order valence-corrected chi connectivity index (χ3v) is 3.89. The zero-order chi connectivity index (χ0) is 15.9. The highest BCUT2D eigenvalue weighted by Gasteiger charge is 2.13. The molecule has 1 N–H and O–H groups in total. The highest BCUT2D eigenvalue weighted by molar-refractivity contribution is 5.78. The minimum atomic E-state index is 0.112. The largest absolute Gasteiger partial charge is 0.444 e. The number of oxazole rings is 1. The third-order valence-electron chi connectivity index (χ3n) is 3.89. The Labute approximate surface area is 131 Å². The summed E-state index contributed by atoms with van der Waals surface area (Å²) in [4.78, 5) is 16.4. The topological polar surface area (TPSA) is 55.1 Å². The molecule has 118 valence electrons. The molecule has 1 heterocycles. The van der Waals surface area contributed by atoms with Gasteiger partial charge in [-0.05, 0) is 31.9 Å². The van der Waals surface area contributed by atoms with Gasteiger partial charge >= 0.3 is 0 Å². The summed E-state index contributed by atoms with van der Waals surface area (Å²) < 4.78 is 5.51. The van der Waals surface area contributed by atoms with Crippen molar-refractivity contribution in [2.24, 2.45) is 5.92 Å². The Balaban J connectivity index is 1.87. The van der Waals surface area contributed by atoms with Crippen LogP contribution >= 0.6 is 0 Å². The second kappa shape index (κ2) is 7.78. The number of rotatable bonds is 7. The monoisotopic (exact) mass is 300 g/mol.